The van der Waals surface area contributed by atoms with Gasteiger partial charge in [-0.1, -0.05) is 48.9 Å². The number of aryl methyl sites for hydroxylation is 1. The number of nitrogens with two attached hydrogens (primary N) is 1. The van der Waals surface area contributed by atoms with Gasteiger partial charge in [0, 0.05) is 11.1 Å². The third-order valence-corrected chi connectivity index (χ3v) is 3.67. The predicted octanol–water partition coefficient (Wildman–Crippen LogP) is 4.73. The highest BCUT2D eigenvalue weighted by Gasteiger charge is 2.06. The van der Waals surface area contributed by atoms with E-state index >= 15 is 0 Å². The van der Waals surface area contributed by atoms with Gasteiger partial charge >= 0.3 is 0 Å². The van der Waals surface area contributed by atoms with Crippen LogP contribution in [0.15, 0.2) is 42.5 Å². The fourth-order valence-corrected chi connectivity index (χ4v) is 2.14. The standard InChI is InChI=1S/C16H18ClN/c1-3-16(18)14-6-4-5-12(9-14)13-8-7-11(2)15(17)10-13/h4-10,16H,3,18H2,1-2H3. The summed E-state index contributed by atoms with van der Waals surface area (Å²) in [5, 5.41) is 0.803. The fraction of sp³-hybridized carbons (Fsp3) is 0.250. The molecule has 0 aromatic heterocycles. The molecule has 1 atom stereocenters. The molecule has 0 aliphatic heterocycles. The summed E-state index contributed by atoms with van der Waals surface area (Å²) >= 11 is 6.17. The van der Waals surface area contributed by atoms with Crippen molar-refractivity contribution in [3.8, 4) is 11.1 Å². The minimum Gasteiger partial charge on any atom is -0.324 e. The lowest BCUT2D eigenvalue weighted by molar-refractivity contribution is 0.699. The van der Waals surface area contributed by atoms with Crippen molar-refractivity contribution in [2.24, 2.45) is 5.73 Å². The van der Waals surface area contributed by atoms with Crippen LogP contribution in [0.2, 0.25) is 5.02 Å². The maximum absolute atomic E-state index is 6.17. The molecule has 0 spiro atoms. The Labute approximate surface area is 114 Å². The number of hydrogen-bond donors (Lipinski definition) is 1. The van der Waals surface area contributed by atoms with Crippen LogP contribution in [0.1, 0.15) is 30.5 Å². The van der Waals surface area contributed by atoms with Gasteiger partial charge in [0.1, 0.15) is 0 Å². The lowest BCUT2D eigenvalue weighted by Crippen LogP contribution is -2.08. The van der Waals surface area contributed by atoms with Crippen molar-refractivity contribution in [3.05, 3.63) is 58.6 Å². The van der Waals surface area contributed by atoms with Gasteiger partial charge in [-0.05, 0) is 47.7 Å². The van der Waals surface area contributed by atoms with Gasteiger partial charge < -0.3 is 5.73 Å². The second-order valence-corrected chi connectivity index (χ2v) is 5.01. The van der Waals surface area contributed by atoms with Gasteiger partial charge in [0.05, 0.1) is 0 Å². The van der Waals surface area contributed by atoms with Gasteiger partial charge in [0.15, 0.2) is 0 Å². The molecule has 1 nitrogen and oxygen atoms in total. The van der Waals surface area contributed by atoms with E-state index in [2.05, 4.69) is 31.2 Å². The Balaban J connectivity index is 2.41. The maximum Gasteiger partial charge on any atom is 0.0441 e. The molecule has 0 saturated heterocycles. The van der Waals surface area contributed by atoms with Crippen LogP contribution in [0.5, 0.6) is 0 Å². The smallest absolute Gasteiger partial charge is 0.0441 e. The molecule has 1 unspecified atom stereocenters. The average Bonchev–Trinajstić information content (AvgIpc) is 2.41. The van der Waals surface area contributed by atoms with Crippen molar-refractivity contribution in [2.75, 3.05) is 0 Å². The van der Waals surface area contributed by atoms with Crippen LogP contribution >= 0.6 is 11.6 Å². The highest BCUT2D eigenvalue weighted by atomic mass is 35.5. The minimum absolute atomic E-state index is 0.103. The topological polar surface area (TPSA) is 26.0 Å². The zero-order chi connectivity index (χ0) is 13.1. The third-order valence-electron chi connectivity index (χ3n) is 3.26. The third kappa shape index (κ3) is 2.74. The van der Waals surface area contributed by atoms with E-state index in [4.69, 9.17) is 17.3 Å². The summed E-state index contributed by atoms with van der Waals surface area (Å²) in [6, 6.07) is 14.6. The molecule has 0 aliphatic carbocycles. The van der Waals surface area contributed by atoms with Gasteiger partial charge in [-0.2, -0.15) is 0 Å². The van der Waals surface area contributed by atoms with Crippen molar-refractivity contribution in [3.63, 3.8) is 0 Å². The first-order chi connectivity index (χ1) is 8.61. The largest absolute Gasteiger partial charge is 0.324 e. The van der Waals surface area contributed by atoms with E-state index in [0.29, 0.717) is 0 Å². The SMILES string of the molecule is CCC(N)c1cccc(-c2ccc(C)c(Cl)c2)c1. The highest BCUT2D eigenvalue weighted by Crippen LogP contribution is 2.27. The molecule has 94 valence electrons. The van der Waals surface area contributed by atoms with E-state index in [0.717, 1.165) is 22.6 Å². The first-order valence-corrected chi connectivity index (χ1v) is 6.61. The summed E-state index contributed by atoms with van der Waals surface area (Å²) < 4.78 is 0. The van der Waals surface area contributed by atoms with Crippen LogP contribution in [0.4, 0.5) is 0 Å². The predicted molar refractivity (Wildman–Crippen MR) is 78.8 cm³/mol. The molecule has 0 aliphatic rings. The number of benzene rings is 2. The minimum atomic E-state index is 0.103. The summed E-state index contributed by atoms with van der Waals surface area (Å²) in [7, 11) is 0. The van der Waals surface area contributed by atoms with Gasteiger partial charge in [0.25, 0.3) is 0 Å². The molecule has 0 fully saturated rings. The second kappa shape index (κ2) is 5.55. The van der Waals surface area contributed by atoms with E-state index < -0.39 is 0 Å². The van der Waals surface area contributed by atoms with E-state index in [1.165, 1.54) is 11.1 Å². The molecule has 0 bridgehead atoms. The Kier molecular flexibility index (Phi) is 4.05. The summed E-state index contributed by atoms with van der Waals surface area (Å²) in [6.07, 6.45) is 0.943. The van der Waals surface area contributed by atoms with Crippen molar-refractivity contribution in [1.29, 1.82) is 0 Å². The molecule has 2 aromatic carbocycles. The molecule has 2 aromatic rings. The van der Waals surface area contributed by atoms with Crippen LogP contribution in [-0.4, -0.2) is 0 Å². The zero-order valence-corrected chi connectivity index (χ0v) is 11.5. The van der Waals surface area contributed by atoms with E-state index in [-0.39, 0.29) is 6.04 Å². The van der Waals surface area contributed by atoms with Crippen LogP contribution in [0.25, 0.3) is 11.1 Å². The Morgan fingerprint density at radius 1 is 1.11 bits per heavy atom. The zero-order valence-electron chi connectivity index (χ0n) is 10.8. The molecule has 2 rings (SSSR count). The maximum atomic E-state index is 6.17. The quantitative estimate of drug-likeness (QED) is 0.848. The first kappa shape index (κ1) is 13.1. The highest BCUT2D eigenvalue weighted by molar-refractivity contribution is 6.31. The number of hydrogen-bond acceptors (Lipinski definition) is 1. The van der Waals surface area contributed by atoms with Gasteiger partial charge in [0.2, 0.25) is 0 Å². The molecule has 0 saturated carbocycles. The first-order valence-electron chi connectivity index (χ1n) is 6.24. The Morgan fingerprint density at radius 2 is 1.83 bits per heavy atom. The van der Waals surface area contributed by atoms with Crippen molar-refractivity contribution in [2.45, 2.75) is 26.3 Å². The molecular weight excluding hydrogens is 242 g/mol. The molecule has 18 heavy (non-hydrogen) atoms. The van der Waals surface area contributed by atoms with Crippen molar-refractivity contribution >= 4 is 11.6 Å². The van der Waals surface area contributed by atoms with E-state index in [1.807, 2.05) is 25.1 Å². The van der Waals surface area contributed by atoms with Crippen LogP contribution < -0.4 is 5.73 Å². The van der Waals surface area contributed by atoms with E-state index in [9.17, 15) is 0 Å². The van der Waals surface area contributed by atoms with E-state index in [1.54, 1.807) is 0 Å². The lowest BCUT2D eigenvalue weighted by Gasteiger charge is -2.11. The summed E-state index contributed by atoms with van der Waals surface area (Å²) in [5.41, 5.74) is 10.6. The van der Waals surface area contributed by atoms with Gasteiger partial charge in [-0.3, -0.25) is 0 Å². The second-order valence-electron chi connectivity index (χ2n) is 4.60. The Morgan fingerprint density at radius 3 is 2.50 bits per heavy atom. The number of halogens is 1. The van der Waals surface area contributed by atoms with Crippen molar-refractivity contribution < 1.29 is 0 Å². The average molecular weight is 260 g/mol. The Hall–Kier alpha value is -1.31. The summed E-state index contributed by atoms with van der Waals surface area (Å²) in [5.74, 6) is 0. The van der Waals surface area contributed by atoms with Crippen LogP contribution in [-0.2, 0) is 0 Å². The molecule has 0 amide bonds. The molecule has 0 radical (unpaired) electrons. The monoisotopic (exact) mass is 259 g/mol. The van der Waals surface area contributed by atoms with Crippen LogP contribution in [0.3, 0.4) is 0 Å². The normalized spacial score (nSPS) is 12.4. The molecular formula is C16H18ClN. The fourth-order valence-electron chi connectivity index (χ4n) is 1.96. The molecule has 2 heteroatoms. The van der Waals surface area contributed by atoms with Gasteiger partial charge in [-0.25, -0.2) is 0 Å². The molecule has 0 heterocycles. The van der Waals surface area contributed by atoms with Crippen LogP contribution in [0, 0.1) is 6.92 Å². The van der Waals surface area contributed by atoms with Crippen molar-refractivity contribution in [1.82, 2.24) is 0 Å². The summed E-state index contributed by atoms with van der Waals surface area (Å²) in [4.78, 5) is 0. The number of rotatable bonds is 3. The Bertz CT molecular complexity index is 549. The van der Waals surface area contributed by atoms with Gasteiger partial charge in [-0.15, -0.1) is 0 Å². The molecule has 2 N–H and O–H groups in total. The lowest BCUT2D eigenvalue weighted by atomic mass is 9.98. The summed E-state index contributed by atoms with van der Waals surface area (Å²) in [6.45, 7) is 4.11.